The van der Waals surface area contributed by atoms with Crippen LogP contribution < -0.4 is 15.8 Å². The van der Waals surface area contributed by atoms with Crippen LogP contribution in [0.3, 0.4) is 0 Å². The van der Waals surface area contributed by atoms with Gasteiger partial charge in [0.05, 0.1) is 18.2 Å². The summed E-state index contributed by atoms with van der Waals surface area (Å²) >= 11 is 2.14. The van der Waals surface area contributed by atoms with Gasteiger partial charge < -0.3 is 15.8 Å². The molecule has 5 heteroatoms. The molecule has 0 fully saturated rings. The lowest BCUT2D eigenvalue weighted by Crippen LogP contribution is -2.53. The van der Waals surface area contributed by atoms with Gasteiger partial charge in [0.2, 0.25) is 0 Å². The Morgan fingerprint density at radius 1 is 1.42 bits per heavy atom. The molecule has 1 aromatic carbocycles. The van der Waals surface area contributed by atoms with Crippen LogP contribution in [0.1, 0.15) is 37.0 Å². The second kappa shape index (κ2) is 7.09. The van der Waals surface area contributed by atoms with Gasteiger partial charge in [0, 0.05) is 10.1 Å². The number of halogens is 1. The van der Waals surface area contributed by atoms with Crippen molar-refractivity contribution < 1.29 is 9.53 Å². The Kier molecular flexibility index (Phi) is 6.06. The van der Waals surface area contributed by atoms with E-state index in [1.807, 2.05) is 19.9 Å². The standard InChI is InChI=1S/C14H21IN2O2/c1-4-14(5-2,9-16)17-13(18)11-7-6-10(19-3)8-12(11)15/h6-8H,4-5,9,16H2,1-3H3,(H,17,18). The number of hydrogen-bond acceptors (Lipinski definition) is 3. The summed E-state index contributed by atoms with van der Waals surface area (Å²) in [5.41, 5.74) is 6.14. The van der Waals surface area contributed by atoms with E-state index in [4.69, 9.17) is 10.5 Å². The summed E-state index contributed by atoms with van der Waals surface area (Å²) in [6.07, 6.45) is 1.64. The van der Waals surface area contributed by atoms with Crippen LogP contribution >= 0.6 is 22.6 Å². The van der Waals surface area contributed by atoms with Crippen LogP contribution in [0.5, 0.6) is 5.75 Å². The number of hydrogen-bond donors (Lipinski definition) is 2. The average molecular weight is 376 g/mol. The minimum Gasteiger partial charge on any atom is -0.497 e. The predicted octanol–water partition coefficient (Wildman–Crippen LogP) is 2.55. The fourth-order valence-corrected chi connectivity index (χ4v) is 2.61. The zero-order valence-corrected chi connectivity index (χ0v) is 13.8. The molecule has 0 atom stereocenters. The van der Waals surface area contributed by atoms with Crippen molar-refractivity contribution in [2.45, 2.75) is 32.2 Å². The Hall–Kier alpha value is -0.820. The number of carbonyl (C=O) groups is 1. The van der Waals surface area contributed by atoms with Gasteiger partial charge in [-0.3, -0.25) is 4.79 Å². The number of ether oxygens (including phenoxy) is 1. The molecule has 1 amide bonds. The first-order chi connectivity index (χ1) is 9.01. The maximum Gasteiger partial charge on any atom is 0.252 e. The summed E-state index contributed by atoms with van der Waals surface area (Å²) in [6.45, 7) is 4.52. The van der Waals surface area contributed by atoms with Gasteiger partial charge in [-0.2, -0.15) is 0 Å². The third kappa shape index (κ3) is 3.82. The molecule has 1 rings (SSSR count). The number of amides is 1. The Morgan fingerprint density at radius 2 is 2.05 bits per heavy atom. The fraction of sp³-hybridized carbons (Fsp3) is 0.500. The summed E-state index contributed by atoms with van der Waals surface area (Å²) in [5, 5.41) is 3.06. The van der Waals surface area contributed by atoms with Crippen molar-refractivity contribution in [3.05, 3.63) is 27.3 Å². The van der Waals surface area contributed by atoms with Crippen molar-refractivity contribution in [1.82, 2.24) is 5.32 Å². The second-order valence-electron chi connectivity index (χ2n) is 4.49. The SMILES string of the molecule is CCC(CC)(CN)NC(=O)c1ccc(OC)cc1I. The van der Waals surface area contributed by atoms with Crippen molar-refractivity contribution in [2.75, 3.05) is 13.7 Å². The van der Waals surface area contributed by atoms with Crippen LogP contribution in [-0.2, 0) is 0 Å². The molecule has 0 bridgehead atoms. The van der Waals surface area contributed by atoms with Crippen LogP contribution in [0.15, 0.2) is 18.2 Å². The third-order valence-corrected chi connectivity index (χ3v) is 4.44. The van der Waals surface area contributed by atoms with Crippen molar-refractivity contribution in [1.29, 1.82) is 0 Å². The van der Waals surface area contributed by atoms with Gasteiger partial charge in [-0.05, 0) is 53.6 Å². The molecule has 1 aromatic rings. The van der Waals surface area contributed by atoms with Gasteiger partial charge in [-0.25, -0.2) is 0 Å². The zero-order valence-electron chi connectivity index (χ0n) is 11.6. The smallest absolute Gasteiger partial charge is 0.252 e. The van der Waals surface area contributed by atoms with Crippen LogP contribution in [0.25, 0.3) is 0 Å². The van der Waals surface area contributed by atoms with E-state index >= 15 is 0 Å². The molecule has 0 saturated heterocycles. The number of nitrogens with two attached hydrogens (primary N) is 1. The lowest BCUT2D eigenvalue weighted by Gasteiger charge is -2.31. The molecule has 4 nitrogen and oxygen atoms in total. The van der Waals surface area contributed by atoms with Crippen LogP contribution in [-0.4, -0.2) is 25.1 Å². The summed E-state index contributed by atoms with van der Waals surface area (Å²) in [6, 6.07) is 5.42. The van der Waals surface area contributed by atoms with Crippen LogP contribution in [0.2, 0.25) is 0 Å². The van der Waals surface area contributed by atoms with Crippen molar-refractivity contribution in [3.8, 4) is 5.75 Å². The molecular formula is C14H21IN2O2. The molecule has 3 N–H and O–H groups in total. The Labute approximate surface area is 128 Å². The van der Waals surface area contributed by atoms with E-state index in [0.29, 0.717) is 12.1 Å². The number of rotatable bonds is 6. The zero-order chi connectivity index (χ0) is 14.5. The van der Waals surface area contributed by atoms with E-state index in [0.717, 1.165) is 22.2 Å². The Bertz CT molecular complexity index is 437. The lowest BCUT2D eigenvalue weighted by atomic mass is 9.92. The minimum absolute atomic E-state index is 0.0822. The predicted molar refractivity (Wildman–Crippen MR) is 85.5 cm³/mol. The summed E-state index contributed by atoms with van der Waals surface area (Å²) in [4.78, 5) is 12.3. The van der Waals surface area contributed by atoms with Crippen molar-refractivity contribution in [3.63, 3.8) is 0 Å². The third-order valence-electron chi connectivity index (χ3n) is 3.54. The van der Waals surface area contributed by atoms with E-state index in [1.165, 1.54) is 0 Å². The van der Waals surface area contributed by atoms with Gasteiger partial charge in [0.25, 0.3) is 5.91 Å². The quantitative estimate of drug-likeness (QED) is 0.751. The summed E-state index contributed by atoms with van der Waals surface area (Å²) in [7, 11) is 1.61. The van der Waals surface area contributed by atoms with Gasteiger partial charge in [-0.1, -0.05) is 13.8 Å². The van der Waals surface area contributed by atoms with Gasteiger partial charge in [0.1, 0.15) is 5.75 Å². The van der Waals surface area contributed by atoms with Crippen molar-refractivity contribution in [2.24, 2.45) is 5.73 Å². The molecule has 0 aliphatic heterocycles. The normalized spacial score (nSPS) is 11.2. The second-order valence-corrected chi connectivity index (χ2v) is 5.65. The number of nitrogens with one attached hydrogen (secondary N) is 1. The molecule has 0 saturated carbocycles. The van der Waals surface area contributed by atoms with Gasteiger partial charge in [0.15, 0.2) is 0 Å². The number of methoxy groups -OCH3 is 1. The molecule has 0 radical (unpaired) electrons. The minimum atomic E-state index is -0.319. The van der Waals surface area contributed by atoms with Crippen LogP contribution in [0.4, 0.5) is 0 Å². The highest BCUT2D eigenvalue weighted by Gasteiger charge is 2.27. The highest BCUT2D eigenvalue weighted by Crippen LogP contribution is 2.21. The molecule has 0 unspecified atom stereocenters. The Balaban J connectivity index is 2.95. The average Bonchev–Trinajstić information content (AvgIpc) is 2.44. The fourth-order valence-electron chi connectivity index (χ4n) is 1.88. The number of benzene rings is 1. The van der Waals surface area contributed by atoms with E-state index in [2.05, 4.69) is 27.9 Å². The van der Waals surface area contributed by atoms with E-state index in [9.17, 15) is 4.79 Å². The van der Waals surface area contributed by atoms with E-state index in [-0.39, 0.29) is 11.4 Å². The van der Waals surface area contributed by atoms with Crippen LogP contribution in [0, 0.1) is 3.57 Å². The Morgan fingerprint density at radius 3 is 2.47 bits per heavy atom. The van der Waals surface area contributed by atoms with E-state index < -0.39 is 0 Å². The largest absolute Gasteiger partial charge is 0.497 e. The monoisotopic (exact) mass is 376 g/mol. The molecular weight excluding hydrogens is 355 g/mol. The first-order valence-electron chi connectivity index (χ1n) is 6.38. The first kappa shape index (κ1) is 16.2. The maximum absolute atomic E-state index is 12.3. The van der Waals surface area contributed by atoms with Gasteiger partial charge >= 0.3 is 0 Å². The van der Waals surface area contributed by atoms with Crippen molar-refractivity contribution >= 4 is 28.5 Å². The lowest BCUT2D eigenvalue weighted by molar-refractivity contribution is 0.0894. The molecule has 0 spiro atoms. The first-order valence-corrected chi connectivity index (χ1v) is 7.46. The summed E-state index contributed by atoms with van der Waals surface area (Å²) in [5.74, 6) is 0.665. The van der Waals surface area contributed by atoms with E-state index in [1.54, 1.807) is 19.2 Å². The topological polar surface area (TPSA) is 64.3 Å². The highest BCUT2D eigenvalue weighted by molar-refractivity contribution is 14.1. The number of carbonyl (C=O) groups excluding carboxylic acids is 1. The summed E-state index contributed by atoms with van der Waals surface area (Å²) < 4.78 is 6.01. The molecule has 19 heavy (non-hydrogen) atoms. The molecule has 106 valence electrons. The molecule has 0 aromatic heterocycles. The maximum atomic E-state index is 12.3. The van der Waals surface area contributed by atoms with Gasteiger partial charge in [-0.15, -0.1) is 0 Å². The molecule has 0 aliphatic rings. The molecule has 0 heterocycles. The highest BCUT2D eigenvalue weighted by atomic mass is 127. The molecule has 0 aliphatic carbocycles.